The van der Waals surface area contributed by atoms with Crippen molar-refractivity contribution in [3.8, 4) is 0 Å². The van der Waals surface area contributed by atoms with Gasteiger partial charge >= 0.3 is 0 Å². The summed E-state index contributed by atoms with van der Waals surface area (Å²) in [5, 5.41) is 0. The van der Waals surface area contributed by atoms with Crippen molar-refractivity contribution in [2.75, 3.05) is 13.7 Å². The Kier molecular flexibility index (Phi) is 4.35. The first kappa shape index (κ1) is 12.0. The molecule has 1 aliphatic rings. The molecule has 1 unspecified atom stereocenters. The lowest BCUT2D eigenvalue weighted by Gasteiger charge is -2.42. The largest absolute Gasteiger partial charge is 0.376 e. The van der Waals surface area contributed by atoms with Gasteiger partial charge in [0.2, 0.25) is 0 Å². The first-order valence-electron chi connectivity index (χ1n) is 5.41. The van der Waals surface area contributed by atoms with Crippen molar-refractivity contribution in [3.05, 3.63) is 0 Å². The number of hydrogen-bond acceptors (Lipinski definition) is 3. The lowest BCUT2D eigenvalue weighted by Crippen LogP contribution is -2.53. The zero-order chi connectivity index (χ0) is 10.7. The van der Waals surface area contributed by atoms with Gasteiger partial charge in [0.25, 0.3) is 0 Å². The minimum absolute atomic E-state index is 0.0566. The normalized spacial score (nSPS) is 43.9. The summed E-state index contributed by atoms with van der Waals surface area (Å²) in [6.45, 7) is 9.04. The fourth-order valence-electron chi connectivity index (χ4n) is 2.14. The third-order valence-electron chi connectivity index (χ3n) is 3.11. The Balaban J connectivity index is 2.70. The first-order chi connectivity index (χ1) is 6.61. The van der Waals surface area contributed by atoms with Crippen LogP contribution in [0.4, 0.5) is 0 Å². The summed E-state index contributed by atoms with van der Waals surface area (Å²) in [5.74, 6) is 0.385. The summed E-state index contributed by atoms with van der Waals surface area (Å²) in [5.41, 5.74) is 0. The molecule has 1 saturated heterocycles. The van der Waals surface area contributed by atoms with Gasteiger partial charge in [0.15, 0.2) is 0 Å². The summed E-state index contributed by atoms with van der Waals surface area (Å²) in [7, 11) is 1.72. The van der Waals surface area contributed by atoms with Crippen LogP contribution in [-0.2, 0) is 14.2 Å². The predicted molar refractivity (Wildman–Crippen MR) is 55.4 cm³/mol. The van der Waals surface area contributed by atoms with Crippen LogP contribution in [0, 0.1) is 5.92 Å². The van der Waals surface area contributed by atoms with Gasteiger partial charge in [-0.1, -0.05) is 6.92 Å². The summed E-state index contributed by atoms with van der Waals surface area (Å²) in [4.78, 5) is 0. The molecule has 14 heavy (non-hydrogen) atoms. The van der Waals surface area contributed by atoms with Gasteiger partial charge in [0.1, 0.15) is 6.10 Å². The maximum absolute atomic E-state index is 5.77. The molecule has 1 fully saturated rings. The average molecular weight is 202 g/mol. The van der Waals surface area contributed by atoms with E-state index in [-0.39, 0.29) is 24.4 Å². The molecule has 0 amide bonds. The quantitative estimate of drug-likeness (QED) is 0.699. The van der Waals surface area contributed by atoms with Gasteiger partial charge in [0, 0.05) is 19.6 Å². The monoisotopic (exact) mass is 202 g/mol. The van der Waals surface area contributed by atoms with Gasteiger partial charge < -0.3 is 14.2 Å². The zero-order valence-electron chi connectivity index (χ0n) is 9.82. The molecule has 84 valence electrons. The smallest absolute Gasteiger partial charge is 0.109 e. The van der Waals surface area contributed by atoms with Crippen molar-refractivity contribution in [2.45, 2.75) is 52.1 Å². The molecule has 0 saturated carbocycles. The van der Waals surface area contributed by atoms with Crippen molar-refractivity contribution >= 4 is 0 Å². The topological polar surface area (TPSA) is 27.7 Å². The van der Waals surface area contributed by atoms with E-state index in [0.29, 0.717) is 5.92 Å². The highest BCUT2D eigenvalue weighted by Gasteiger charge is 2.40. The minimum atomic E-state index is 0.0566. The van der Waals surface area contributed by atoms with Crippen molar-refractivity contribution in [1.82, 2.24) is 0 Å². The van der Waals surface area contributed by atoms with Crippen LogP contribution in [0.15, 0.2) is 0 Å². The highest BCUT2D eigenvalue weighted by Crippen LogP contribution is 2.29. The van der Waals surface area contributed by atoms with Crippen LogP contribution in [0.25, 0.3) is 0 Å². The molecule has 0 N–H and O–H groups in total. The Morgan fingerprint density at radius 2 is 1.71 bits per heavy atom. The SMILES string of the molecule is CCO[C@@H]1[C@@H](OC)[C@H](C)OC(C)[C@@H]1C. The molecule has 3 heteroatoms. The van der Waals surface area contributed by atoms with E-state index < -0.39 is 0 Å². The van der Waals surface area contributed by atoms with Gasteiger partial charge in [-0.05, 0) is 20.8 Å². The maximum atomic E-state index is 5.77. The molecular weight excluding hydrogens is 180 g/mol. The standard InChI is InChI=1S/C11H22O3/c1-6-13-10-7(2)8(3)14-9(4)11(10)12-5/h7-11H,6H2,1-5H3/t7-,8?,9-,10-,11-/m0/s1. The Labute approximate surface area is 86.7 Å². The van der Waals surface area contributed by atoms with Crippen LogP contribution in [0.5, 0.6) is 0 Å². The minimum Gasteiger partial charge on any atom is -0.376 e. The average Bonchev–Trinajstić information content (AvgIpc) is 2.14. The first-order valence-corrected chi connectivity index (χ1v) is 5.41. The second-order valence-corrected chi connectivity index (χ2v) is 4.03. The van der Waals surface area contributed by atoms with Gasteiger partial charge in [-0.2, -0.15) is 0 Å². The Hall–Kier alpha value is -0.120. The fraction of sp³-hybridized carbons (Fsp3) is 1.00. The van der Waals surface area contributed by atoms with E-state index in [0.717, 1.165) is 6.61 Å². The van der Waals surface area contributed by atoms with Gasteiger partial charge in [-0.25, -0.2) is 0 Å². The van der Waals surface area contributed by atoms with E-state index in [1.165, 1.54) is 0 Å². The fourth-order valence-corrected chi connectivity index (χ4v) is 2.14. The van der Waals surface area contributed by atoms with Gasteiger partial charge in [-0.3, -0.25) is 0 Å². The van der Waals surface area contributed by atoms with E-state index in [1.54, 1.807) is 7.11 Å². The van der Waals surface area contributed by atoms with Crippen molar-refractivity contribution in [2.24, 2.45) is 5.92 Å². The van der Waals surface area contributed by atoms with E-state index in [4.69, 9.17) is 14.2 Å². The summed E-state index contributed by atoms with van der Waals surface area (Å²) < 4.78 is 16.9. The highest BCUT2D eigenvalue weighted by molar-refractivity contribution is 4.88. The molecule has 0 aromatic carbocycles. The van der Waals surface area contributed by atoms with Gasteiger partial charge in [-0.15, -0.1) is 0 Å². The Morgan fingerprint density at radius 3 is 2.21 bits per heavy atom. The lowest BCUT2D eigenvalue weighted by atomic mass is 9.89. The third kappa shape index (κ3) is 2.27. The summed E-state index contributed by atoms with van der Waals surface area (Å²) >= 11 is 0. The molecule has 0 aromatic heterocycles. The molecule has 5 atom stereocenters. The summed E-state index contributed by atoms with van der Waals surface area (Å²) in [6, 6.07) is 0. The molecule has 1 heterocycles. The second kappa shape index (κ2) is 5.10. The van der Waals surface area contributed by atoms with E-state index in [2.05, 4.69) is 13.8 Å². The molecule has 0 bridgehead atoms. The maximum Gasteiger partial charge on any atom is 0.109 e. The molecular formula is C11H22O3. The lowest BCUT2D eigenvalue weighted by molar-refractivity contribution is -0.208. The van der Waals surface area contributed by atoms with Crippen LogP contribution in [0.2, 0.25) is 0 Å². The number of hydrogen-bond donors (Lipinski definition) is 0. The van der Waals surface area contributed by atoms with E-state index >= 15 is 0 Å². The zero-order valence-corrected chi connectivity index (χ0v) is 9.82. The molecule has 0 radical (unpaired) electrons. The Morgan fingerprint density at radius 1 is 1.07 bits per heavy atom. The van der Waals surface area contributed by atoms with Crippen LogP contribution < -0.4 is 0 Å². The molecule has 1 rings (SSSR count). The van der Waals surface area contributed by atoms with Crippen LogP contribution in [0.1, 0.15) is 27.7 Å². The number of methoxy groups -OCH3 is 1. The molecule has 3 nitrogen and oxygen atoms in total. The van der Waals surface area contributed by atoms with Crippen molar-refractivity contribution in [1.29, 1.82) is 0 Å². The van der Waals surface area contributed by atoms with Crippen LogP contribution in [-0.4, -0.2) is 38.1 Å². The van der Waals surface area contributed by atoms with E-state index in [1.807, 2.05) is 13.8 Å². The molecule has 0 aromatic rings. The number of rotatable bonds is 3. The van der Waals surface area contributed by atoms with E-state index in [9.17, 15) is 0 Å². The molecule has 0 aliphatic carbocycles. The van der Waals surface area contributed by atoms with Crippen LogP contribution >= 0.6 is 0 Å². The second-order valence-electron chi connectivity index (χ2n) is 4.03. The van der Waals surface area contributed by atoms with Crippen molar-refractivity contribution in [3.63, 3.8) is 0 Å². The van der Waals surface area contributed by atoms with Crippen LogP contribution in [0.3, 0.4) is 0 Å². The highest BCUT2D eigenvalue weighted by atomic mass is 16.6. The molecule has 0 spiro atoms. The van der Waals surface area contributed by atoms with Gasteiger partial charge in [0.05, 0.1) is 18.3 Å². The number of ether oxygens (including phenoxy) is 3. The third-order valence-corrected chi connectivity index (χ3v) is 3.11. The Bertz CT molecular complexity index is 172. The summed E-state index contributed by atoms with van der Waals surface area (Å²) in [6.07, 6.45) is 0.570. The predicted octanol–water partition coefficient (Wildman–Crippen LogP) is 1.85. The molecule has 1 aliphatic heterocycles. The van der Waals surface area contributed by atoms with Crippen molar-refractivity contribution < 1.29 is 14.2 Å².